The van der Waals surface area contributed by atoms with Crippen LogP contribution in [0, 0.1) is 19.8 Å². The van der Waals surface area contributed by atoms with Gasteiger partial charge >= 0.3 is 5.97 Å². The molecule has 0 N–H and O–H groups in total. The molecule has 0 saturated carbocycles. The van der Waals surface area contributed by atoms with Crippen molar-refractivity contribution in [1.82, 2.24) is 9.96 Å². The van der Waals surface area contributed by atoms with Crippen LogP contribution in [0.25, 0.3) is 32.3 Å². The lowest BCUT2D eigenvalue weighted by molar-refractivity contribution is -0.201. The predicted molar refractivity (Wildman–Crippen MR) is 156 cm³/mol. The highest BCUT2D eigenvalue weighted by atomic mass is 32.2. The van der Waals surface area contributed by atoms with Crippen LogP contribution < -0.4 is 4.74 Å². The molecule has 2 heterocycles. The Bertz CT molecular complexity index is 1890. The number of likely N-dealkylation sites (tertiary alicyclic amines) is 1. The molecule has 2 aliphatic heterocycles. The number of hydrogen-bond donors (Lipinski definition) is 0. The summed E-state index contributed by atoms with van der Waals surface area (Å²) in [5.74, 6) is -2.09. The number of imide groups is 1. The Labute approximate surface area is 248 Å². The third-order valence-corrected chi connectivity index (χ3v) is 9.10. The van der Waals surface area contributed by atoms with Crippen molar-refractivity contribution in [2.45, 2.75) is 51.9 Å². The first-order chi connectivity index (χ1) is 19.9. The van der Waals surface area contributed by atoms with Gasteiger partial charge in [0, 0.05) is 42.1 Å². The van der Waals surface area contributed by atoms with Gasteiger partial charge in [-0.1, -0.05) is 25.6 Å². The lowest BCUT2D eigenvalue weighted by Gasteiger charge is -2.31. The van der Waals surface area contributed by atoms with E-state index in [1.807, 2.05) is 25.1 Å². The molecule has 43 heavy (non-hydrogen) atoms. The first kappa shape index (κ1) is 30.2. The van der Waals surface area contributed by atoms with Gasteiger partial charge in [0.15, 0.2) is 6.61 Å². The molecular weight excluding hydrogens is 576 g/mol. The molecule has 0 aromatic heterocycles. The van der Waals surface area contributed by atoms with Crippen molar-refractivity contribution in [1.29, 1.82) is 0 Å². The smallest absolute Gasteiger partial charge is 0.336 e. The highest BCUT2D eigenvalue weighted by Gasteiger charge is 2.36. The van der Waals surface area contributed by atoms with E-state index in [0.29, 0.717) is 45.4 Å². The van der Waals surface area contributed by atoms with Gasteiger partial charge in [0.25, 0.3) is 17.7 Å². The van der Waals surface area contributed by atoms with Crippen LogP contribution in [0.3, 0.4) is 0 Å². The second kappa shape index (κ2) is 11.1. The van der Waals surface area contributed by atoms with Gasteiger partial charge in [0.2, 0.25) is 0 Å². The Morgan fingerprint density at radius 1 is 0.884 bits per heavy atom. The van der Waals surface area contributed by atoms with Gasteiger partial charge in [0.1, 0.15) is 15.9 Å². The van der Waals surface area contributed by atoms with Crippen LogP contribution in [0.4, 0.5) is 0 Å². The number of amides is 3. The molecule has 0 radical (unpaired) electrons. The monoisotopic (exact) mass is 607 g/mol. The molecule has 4 aromatic rings. The molecule has 2 fully saturated rings. The SMILES string of the molecule is C.Cc1cc(OCC(=O)N2CCC(C(=O)ON3C(=O)CCC3=O)CC2)c2ccc3c(S(=O)(=O)[O-])cc(C)c4ccc1c2c43. The number of hydroxylamine groups is 2. The minimum atomic E-state index is -4.72. The molecular formula is C31H31N2O9S-. The predicted octanol–water partition coefficient (Wildman–Crippen LogP) is 3.97. The maximum atomic E-state index is 13.1. The molecule has 12 heteroatoms. The van der Waals surface area contributed by atoms with E-state index in [0.717, 1.165) is 21.7 Å². The quantitative estimate of drug-likeness (QED) is 0.180. The van der Waals surface area contributed by atoms with Gasteiger partial charge in [-0.25, -0.2) is 13.2 Å². The topological polar surface area (TPSA) is 150 Å². The van der Waals surface area contributed by atoms with Gasteiger partial charge in [-0.05, 0) is 72.2 Å². The van der Waals surface area contributed by atoms with E-state index in [-0.39, 0.29) is 50.8 Å². The van der Waals surface area contributed by atoms with Gasteiger partial charge in [0.05, 0.1) is 10.8 Å². The maximum Gasteiger partial charge on any atom is 0.336 e. The zero-order valence-corrected chi connectivity index (χ0v) is 23.8. The van der Waals surface area contributed by atoms with E-state index < -0.39 is 33.8 Å². The van der Waals surface area contributed by atoms with Crippen molar-refractivity contribution in [2.75, 3.05) is 19.7 Å². The number of piperidine rings is 1. The van der Waals surface area contributed by atoms with E-state index in [4.69, 9.17) is 9.57 Å². The third-order valence-electron chi connectivity index (χ3n) is 8.22. The molecule has 6 rings (SSSR count). The summed E-state index contributed by atoms with van der Waals surface area (Å²) in [7, 11) is -4.72. The second-order valence-electron chi connectivity index (χ2n) is 10.8. The average molecular weight is 608 g/mol. The summed E-state index contributed by atoms with van der Waals surface area (Å²) >= 11 is 0. The third kappa shape index (κ3) is 5.25. The lowest BCUT2D eigenvalue weighted by atomic mass is 9.90. The number of carbonyl (C=O) groups is 4. The first-order valence-electron chi connectivity index (χ1n) is 13.6. The largest absolute Gasteiger partial charge is 0.744 e. The molecule has 0 unspecified atom stereocenters. The van der Waals surface area contributed by atoms with E-state index in [9.17, 15) is 32.1 Å². The number of benzene rings is 4. The van der Waals surface area contributed by atoms with Crippen molar-refractivity contribution >= 4 is 66.1 Å². The van der Waals surface area contributed by atoms with Gasteiger partial charge in [-0.15, -0.1) is 5.06 Å². The van der Waals surface area contributed by atoms with E-state index in [1.165, 1.54) is 6.07 Å². The molecule has 0 bridgehead atoms. The molecule has 3 amide bonds. The van der Waals surface area contributed by atoms with E-state index in [1.54, 1.807) is 24.0 Å². The molecule has 0 aliphatic carbocycles. The van der Waals surface area contributed by atoms with E-state index >= 15 is 0 Å². The number of nitrogens with zero attached hydrogens (tertiary/aromatic N) is 2. The van der Waals surface area contributed by atoms with Gasteiger partial charge in [-0.3, -0.25) is 14.4 Å². The molecule has 11 nitrogen and oxygen atoms in total. The summed E-state index contributed by atoms with van der Waals surface area (Å²) in [5.41, 5.74) is 1.53. The molecule has 0 spiro atoms. The van der Waals surface area contributed by atoms with Crippen molar-refractivity contribution < 1.29 is 41.7 Å². The van der Waals surface area contributed by atoms with Crippen molar-refractivity contribution in [3.05, 3.63) is 47.5 Å². The van der Waals surface area contributed by atoms with Crippen molar-refractivity contribution in [3.63, 3.8) is 0 Å². The Morgan fingerprint density at radius 3 is 2.02 bits per heavy atom. The maximum absolute atomic E-state index is 13.1. The van der Waals surface area contributed by atoms with Crippen LogP contribution in [0.2, 0.25) is 0 Å². The van der Waals surface area contributed by atoms with Crippen LogP contribution in [0.5, 0.6) is 5.75 Å². The normalized spacial score (nSPS) is 16.3. The van der Waals surface area contributed by atoms with Gasteiger partial charge < -0.3 is 19.0 Å². The minimum absolute atomic E-state index is 0. The number of carbonyl (C=O) groups excluding carboxylic acids is 4. The zero-order chi connectivity index (χ0) is 29.9. The van der Waals surface area contributed by atoms with Crippen LogP contribution >= 0.6 is 0 Å². The summed E-state index contributed by atoms with van der Waals surface area (Å²) in [6.07, 6.45) is 0.687. The molecule has 0 atom stereocenters. The van der Waals surface area contributed by atoms with Crippen LogP contribution in [-0.4, -0.2) is 66.3 Å². The Hall–Kier alpha value is -4.29. The number of aryl methyl sites for hydroxylation is 2. The summed E-state index contributed by atoms with van der Waals surface area (Å²) in [4.78, 5) is 55.3. The standard InChI is InChI=1S/C30H28N2O9S.CH4/c1-16-13-23(21-5-6-22-24(42(37,38)39)14-17(2)20-4-3-19(16)28(21)29(20)22)40-15-27(35)31-11-9-18(10-12-31)30(36)41-32-25(33)7-8-26(32)34;/h3-6,13-14,18H,7-12,15H2,1-2H3,(H,37,38,39);1H4/p-1. The molecule has 226 valence electrons. The summed E-state index contributed by atoms with van der Waals surface area (Å²) in [6.45, 7) is 3.97. The Balaban J connectivity index is 0.00000368. The molecule has 2 saturated heterocycles. The minimum Gasteiger partial charge on any atom is -0.744 e. The van der Waals surface area contributed by atoms with Crippen molar-refractivity contribution in [2.24, 2.45) is 5.92 Å². The van der Waals surface area contributed by atoms with E-state index in [2.05, 4.69) is 0 Å². The number of hydrogen-bond acceptors (Lipinski definition) is 9. The average Bonchev–Trinajstić information content (AvgIpc) is 3.28. The van der Waals surface area contributed by atoms with Crippen LogP contribution in [-0.2, 0) is 34.1 Å². The number of rotatable bonds is 6. The lowest BCUT2D eigenvalue weighted by Crippen LogP contribution is -2.44. The zero-order valence-electron chi connectivity index (χ0n) is 23.0. The summed E-state index contributed by atoms with van der Waals surface area (Å²) in [6, 6.07) is 10.4. The van der Waals surface area contributed by atoms with Crippen molar-refractivity contribution in [3.8, 4) is 5.75 Å². The Morgan fingerprint density at radius 2 is 1.42 bits per heavy atom. The van der Waals surface area contributed by atoms with Crippen LogP contribution in [0.1, 0.15) is 44.2 Å². The van der Waals surface area contributed by atoms with Gasteiger partial charge in [-0.2, -0.15) is 0 Å². The fourth-order valence-electron chi connectivity index (χ4n) is 6.01. The molecule has 4 aromatic carbocycles. The fourth-order valence-corrected chi connectivity index (χ4v) is 6.77. The first-order valence-corrected chi connectivity index (χ1v) is 15.0. The fraction of sp³-hybridized carbons (Fsp3) is 0.355. The van der Waals surface area contributed by atoms with Crippen LogP contribution in [0.15, 0.2) is 41.3 Å². The second-order valence-corrected chi connectivity index (χ2v) is 12.2. The summed E-state index contributed by atoms with van der Waals surface area (Å²) < 4.78 is 42.3. The highest BCUT2D eigenvalue weighted by molar-refractivity contribution is 7.86. The number of ether oxygens (including phenoxy) is 1. The Kier molecular flexibility index (Phi) is 7.78. The highest BCUT2D eigenvalue weighted by Crippen LogP contribution is 2.43. The summed E-state index contributed by atoms with van der Waals surface area (Å²) in [5, 5.41) is 4.69. The molecule has 2 aliphatic rings.